The second-order valence-electron chi connectivity index (χ2n) is 9.36. The number of hydrogen-bond acceptors (Lipinski definition) is 6. The zero-order valence-electron chi connectivity index (χ0n) is 22.3. The number of likely N-dealkylation sites (tertiary alicyclic amines) is 1. The highest BCUT2D eigenvalue weighted by Gasteiger charge is 2.23. The number of carbonyl (C=O) groups excluding carboxylic acids is 1. The molecule has 2 heterocycles. The summed E-state index contributed by atoms with van der Waals surface area (Å²) >= 11 is 0. The smallest absolute Gasteiger partial charge is 0.253 e. The Morgan fingerprint density at radius 1 is 1.03 bits per heavy atom. The number of nitrogens with zero attached hydrogens (tertiary/aromatic N) is 2. The predicted octanol–water partition coefficient (Wildman–Crippen LogP) is 5.29. The van der Waals surface area contributed by atoms with Gasteiger partial charge in [0.1, 0.15) is 17.3 Å². The van der Waals surface area contributed by atoms with Crippen LogP contribution in [0.2, 0.25) is 0 Å². The van der Waals surface area contributed by atoms with Gasteiger partial charge in [-0.15, -0.1) is 0 Å². The van der Waals surface area contributed by atoms with Crippen LogP contribution in [0.25, 0.3) is 11.1 Å². The normalized spacial score (nSPS) is 14.3. The number of aromatic nitrogens is 1. The molecule has 1 aliphatic rings. The van der Waals surface area contributed by atoms with E-state index >= 15 is 0 Å². The molecule has 0 unspecified atom stereocenters. The maximum absolute atomic E-state index is 12.8. The number of hydrogen-bond donors (Lipinski definition) is 2. The van der Waals surface area contributed by atoms with Crippen LogP contribution < -0.4 is 20.1 Å². The van der Waals surface area contributed by atoms with E-state index in [1.807, 2.05) is 52.1 Å². The standard InChI is InChI=1S/C30H38N4O3/c1-5-36-26-17-22(18-27(37-6-2)28(26)23-10-8-7-9-11-23)20-34-14-12-25(13-15-34)33-30(35)24-16-21(3)29(31-4)32-19-24/h7-11,16-19,25H,5-6,12-15,20H2,1-4H3,(H,31,32)(H,33,35). The van der Waals surface area contributed by atoms with Crippen LogP contribution in [0.1, 0.15) is 48.2 Å². The lowest BCUT2D eigenvalue weighted by Crippen LogP contribution is -2.44. The van der Waals surface area contributed by atoms with E-state index in [1.165, 1.54) is 5.56 Å². The number of nitrogens with one attached hydrogen (secondary N) is 2. The van der Waals surface area contributed by atoms with E-state index in [4.69, 9.17) is 9.47 Å². The van der Waals surface area contributed by atoms with Gasteiger partial charge in [0.2, 0.25) is 0 Å². The molecule has 2 aromatic carbocycles. The molecule has 4 rings (SSSR count). The van der Waals surface area contributed by atoms with E-state index in [-0.39, 0.29) is 11.9 Å². The van der Waals surface area contributed by atoms with Gasteiger partial charge in [0.25, 0.3) is 5.91 Å². The van der Waals surface area contributed by atoms with E-state index in [0.29, 0.717) is 18.8 Å². The van der Waals surface area contributed by atoms with Crippen LogP contribution in [-0.2, 0) is 6.54 Å². The third-order valence-electron chi connectivity index (χ3n) is 6.69. The van der Waals surface area contributed by atoms with E-state index in [0.717, 1.165) is 66.5 Å². The van der Waals surface area contributed by atoms with E-state index in [9.17, 15) is 4.79 Å². The highest BCUT2D eigenvalue weighted by Crippen LogP contribution is 2.40. The van der Waals surface area contributed by atoms with Crippen LogP contribution in [0.3, 0.4) is 0 Å². The van der Waals surface area contributed by atoms with Crippen LogP contribution in [0, 0.1) is 6.92 Å². The van der Waals surface area contributed by atoms with Crippen molar-refractivity contribution in [2.75, 3.05) is 38.7 Å². The Hall–Kier alpha value is -3.58. The summed E-state index contributed by atoms with van der Waals surface area (Å²) in [5, 5.41) is 6.23. The average Bonchev–Trinajstić information content (AvgIpc) is 2.90. The number of piperidine rings is 1. The molecule has 1 aromatic heterocycles. The number of rotatable bonds is 10. The SMILES string of the molecule is CCOc1cc(CN2CCC(NC(=O)c3cnc(NC)c(C)c3)CC2)cc(OCC)c1-c1ccccc1. The molecule has 7 nitrogen and oxygen atoms in total. The van der Waals surface area contributed by atoms with Gasteiger partial charge in [-0.05, 0) is 68.5 Å². The molecule has 0 spiro atoms. The second kappa shape index (κ2) is 12.6. The quantitative estimate of drug-likeness (QED) is 0.392. The Morgan fingerprint density at radius 3 is 2.24 bits per heavy atom. The fourth-order valence-corrected chi connectivity index (χ4v) is 4.89. The zero-order chi connectivity index (χ0) is 26.2. The number of anilines is 1. The molecule has 0 aliphatic carbocycles. The predicted molar refractivity (Wildman–Crippen MR) is 149 cm³/mol. The van der Waals surface area contributed by atoms with Gasteiger partial charge < -0.3 is 20.1 Å². The summed E-state index contributed by atoms with van der Waals surface area (Å²) in [6.07, 6.45) is 3.45. The summed E-state index contributed by atoms with van der Waals surface area (Å²) in [4.78, 5) is 19.5. The Bertz CT molecular complexity index is 1160. The van der Waals surface area contributed by atoms with Crippen LogP contribution in [0.4, 0.5) is 5.82 Å². The van der Waals surface area contributed by atoms with Crippen molar-refractivity contribution in [3.8, 4) is 22.6 Å². The maximum atomic E-state index is 12.8. The minimum Gasteiger partial charge on any atom is -0.493 e. The summed E-state index contributed by atoms with van der Waals surface area (Å²) in [5.74, 6) is 2.44. The average molecular weight is 503 g/mol. The van der Waals surface area contributed by atoms with Crippen LogP contribution in [-0.4, -0.2) is 55.2 Å². The Labute approximate surface area is 220 Å². The van der Waals surface area contributed by atoms with Gasteiger partial charge in [-0.1, -0.05) is 30.3 Å². The fraction of sp³-hybridized carbons (Fsp3) is 0.400. The van der Waals surface area contributed by atoms with Gasteiger partial charge in [0, 0.05) is 38.9 Å². The van der Waals surface area contributed by atoms with Gasteiger partial charge >= 0.3 is 0 Å². The lowest BCUT2D eigenvalue weighted by Gasteiger charge is -2.32. The number of ether oxygens (including phenoxy) is 2. The molecule has 2 N–H and O–H groups in total. The number of benzene rings is 2. The lowest BCUT2D eigenvalue weighted by atomic mass is 9.99. The number of pyridine rings is 1. The fourth-order valence-electron chi connectivity index (χ4n) is 4.89. The molecular formula is C30H38N4O3. The molecule has 1 aliphatic heterocycles. The molecule has 0 saturated carbocycles. The van der Waals surface area contributed by atoms with Gasteiger partial charge in [-0.3, -0.25) is 9.69 Å². The third-order valence-corrected chi connectivity index (χ3v) is 6.69. The van der Waals surface area contributed by atoms with Gasteiger partial charge in [0.05, 0.1) is 24.3 Å². The monoisotopic (exact) mass is 502 g/mol. The molecule has 0 bridgehead atoms. The van der Waals surface area contributed by atoms with Crippen molar-refractivity contribution in [1.29, 1.82) is 0 Å². The first-order chi connectivity index (χ1) is 18.0. The number of amides is 1. The highest BCUT2D eigenvalue weighted by molar-refractivity contribution is 5.94. The second-order valence-corrected chi connectivity index (χ2v) is 9.36. The Morgan fingerprint density at radius 2 is 1.68 bits per heavy atom. The first-order valence-electron chi connectivity index (χ1n) is 13.2. The summed E-state index contributed by atoms with van der Waals surface area (Å²) in [6, 6.07) is 16.6. The van der Waals surface area contributed by atoms with Gasteiger partial charge in [0.15, 0.2) is 0 Å². The van der Waals surface area contributed by atoms with E-state index in [1.54, 1.807) is 6.20 Å². The largest absolute Gasteiger partial charge is 0.493 e. The first kappa shape index (κ1) is 26.5. The summed E-state index contributed by atoms with van der Waals surface area (Å²) in [7, 11) is 1.83. The summed E-state index contributed by atoms with van der Waals surface area (Å²) in [5.41, 5.74) is 4.82. The maximum Gasteiger partial charge on any atom is 0.253 e. The minimum absolute atomic E-state index is 0.0593. The molecular weight excluding hydrogens is 464 g/mol. The number of aryl methyl sites for hydroxylation is 1. The van der Waals surface area contributed by atoms with Crippen LogP contribution in [0.5, 0.6) is 11.5 Å². The molecule has 1 amide bonds. The summed E-state index contributed by atoms with van der Waals surface area (Å²) in [6.45, 7) is 9.78. The zero-order valence-corrected chi connectivity index (χ0v) is 22.3. The van der Waals surface area contributed by atoms with E-state index < -0.39 is 0 Å². The van der Waals surface area contributed by atoms with E-state index in [2.05, 4.69) is 44.8 Å². The molecule has 0 radical (unpaired) electrons. The molecule has 3 aromatic rings. The third kappa shape index (κ3) is 6.60. The molecule has 37 heavy (non-hydrogen) atoms. The van der Waals surface area contributed by atoms with Crippen LogP contribution in [0.15, 0.2) is 54.7 Å². The molecule has 1 saturated heterocycles. The van der Waals surface area contributed by atoms with Crippen molar-refractivity contribution in [3.05, 3.63) is 71.4 Å². The lowest BCUT2D eigenvalue weighted by molar-refractivity contribution is 0.0908. The number of carbonyl (C=O) groups is 1. The molecule has 196 valence electrons. The van der Waals surface area contributed by atoms with Crippen molar-refractivity contribution in [2.45, 2.75) is 46.2 Å². The summed E-state index contributed by atoms with van der Waals surface area (Å²) < 4.78 is 12.2. The topological polar surface area (TPSA) is 75.7 Å². The van der Waals surface area contributed by atoms with Crippen molar-refractivity contribution in [1.82, 2.24) is 15.2 Å². The van der Waals surface area contributed by atoms with Gasteiger partial charge in [-0.25, -0.2) is 4.98 Å². The first-order valence-corrected chi connectivity index (χ1v) is 13.2. The highest BCUT2D eigenvalue weighted by atomic mass is 16.5. The molecule has 7 heteroatoms. The Balaban J connectivity index is 1.41. The molecule has 0 atom stereocenters. The van der Waals surface area contributed by atoms with Crippen molar-refractivity contribution in [3.63, 3.8) is 0 Å². The van der Waals surface area contributed by atoms with Crippen LogP contribution >= 0.6 is 0 Å². The Kier molecular flexibility index (Phi) is 9.01. The minimum atomic E-state index is -0.0593. The van der Waals surface area contributed by atoms with Crippen molar-refractivity contribution in [2.24, 2.45) is 0 Å². The van der Waals surface area contributed by atoms with Crippen molar-refractivity contribution >= 4 is 11.7 Å². The van der Waals surface area contributed by atoms with Gasteiger partial charge in [-0.2, -0.15) is 0 Å². The van der Waals surface area contributed by atoms with Crippen molar-refractivity contribution < 1.29 is 14.3 Å². The molecule has 1 fully saturated rings.